The molecule has 0 spiro atoms. The van der Waals surface area contributed by atoms with Gasteiger partial charge < -0.3 is 10.2 Å². The van der Waals surface area contributed by atoms with Crippen LogP contribution in [0.2, 0.25) is 0 Å². The summed E-state index contributed by atoms with van der Waals surface area (Å²) in [6.45, 7) is -0.226. The molecule has 0 radical (unpaired) electrons. The third-order valence-electron chi connectivity index (χ3n) is 4.89. The minimum atomic E-state index is -0.761. The van der Waals surface area contributed by atoms with Crippen molar-refractivity contribution in [1.29, 1.82) is 0 Å². The van der Waals surface area contributed by atoms with Crippen LogP contribution in [0.5, 0.6) is 0 Å². The summed E-state index contributed by atoms with van der Waals surface area (Å²) < 4.78 is 27.6. The van der Waals surface area contributed by atoms with Crippen molar-refractivity contribution in [3.05, 3.63) is 107 Å². The van der Waals surface area contributed by atoms with E-state index in [4.69, 9.17) is 0 Å². The zero-order valence-electron chi connectivity index (χ0n) is 15.9. The molecule has 3 aromatic rings. The first kappa shape index (κ1) is 19.5. The van der Waals surface area contributed by atoms with E-state index >= 15 is 0 Å². The Hall–Kier alpha value is -3.80. The number of hydrogen-bond acceptors (Lipinski definition) is 2. The molecule has 0 saturated heterocycles. The van der Waals surface area contributed by atoms with Crippen molar-refractivity contribution < 1.29 is 18.4 Å². The predicted octanol–water partition coefficient (Wildman–Crippen LogP) is 4.55. The number of carbonyl (C=O) groups is 2. The maximum absolute atomic E-state index is 14.1. The van der Waals surface area contributed by atoms with Gasteiger partial charge in [-0.2, -0.15) is 0 Å². The lowest BCUT2D eigenvalue weighted by molar-refractivity contribution is -0.131. The molecule has 0 fully saturated rings. The van der Waals surface area contributed by atoms with Crippen LogP contribution in [0, 0.1) is 11.6 Å². The summed E-state index contributed by atoms with van der Waals surface area (Å²) in [7, 11) is 0. The lowest BCUT2D eigenvalue weighted by Crippen LogP contribution is -2.38. The molecular weight excluding hydrogens is 386 g/mol. The highest BCUT2D eigenvalue weighted by molar-refractivity contribution is 6.00. The van der Waals surface area contributed by atoms with Gasteiger partial charge in [0.15, 0.2) is 0 Å². The summed E-state index contributed by atoms with van der Waals surface area (Å²) in [5.41, 5.74) is 2.24. The van der Waals surface area contributed by atoms with Crippen molar-refractivity contribution in [3.8, 4) is 0 Å². The van der Waals surface area contributed by atoms with Gasteiger partial charge in [-0.1, -0.05) is 42.5 Å². The van der Waals surface area contributed by atoms with Crippen molar-refractivity contribution in [2.24, 2.45) is 0 Å². The van der Waals surface area contributed by atoms with E-state index in [0.29, 0.717) is 16.8 Å². The number of fused-ring (bicyclic) bond motifs is 1. The minimum Gasteiger partial charge on any atom is -0.324 e. The zero-order chi connectivity index (χ0) is 21.1. The second kappa shape index (κ2) is 8.29. The Bertz CT molecular complexity index is 1110. The maximum atomic E-state index is 14.1. The van der Waals surface area contributed by atoms with Gasteiger partial charge >= 0.3 is 0 Å². The van der Waals surface area contributed by atoms with Gasteiger partial charge in [-0.25, -0.2) is 8.78 Å². The first-order chi connectivity index (χ1) is 14.5. The molecule has 4 nitrogen and oxygen atoms in total. The van der Waals surface area contributed by atoms with Crippen LogP contribution in [0.15, 0.2) is 78.9 Å². The van der Waals surface area contributed by atoms with Crippen LogP contribution in [0.4, 0.5) is 14.5 Å². The molecule has 1 N–H and O–H groups in total. The number of halogens is 2. The van der Waals surface area contributed by atoms with E-state index in [1.54, 1.807) is 6.08 Å². The van der Waals surface area contributed by atoms with Gasteiger partial charge in [0.1, 0.15) is 18.2 Å². The van der Waals surface area contributed by atoms with Crippen LogP contribution in [0.1, 0.15) is 22.7 Å². The molecule has 1 atom stereocenters. The molecule has 150 valence electrons. The normalized spacial score (nSPS) is 16.1. The van der Waals surface area contributed by atoms with E-state index < -0.39 is 29.5 Å². The summed E-state index contributed by atoms with van der Waals surface area (Å²) in [6, 6.07) is 18.1. The molecule has 30 heavy (non-hydrogen) atoms. The fourth-order valence-corrected chi connectivity index (χ4v) is 3.51. The van der Waals surface area contributed by atoms with Crippen molar-refractivity contribution in [1.82, 2.24) is 4.90 Å². The molecule has 1 aliphatic rings. The van der Waals surface area contributed by atoms with E-state index in [1.807, 2.05) is 30.3 Å². The Kier molecular flexibility index (Phi) is 5.39. The van der Waals surface area contributed by atoms with Crippen molar-refractivity contribution >= 4 is 23.6 Å². The number of benzene rings is 3. The summed E-state index contributed by atoms with van der Waals surface area (Å²) in [6.07, 6.45) is 3.03. The predicted molar refractivity (Wildman–Crippen MR) is 110 cm³/mol. The van der Waals surface area contributed by atoms with E-state index in [0.717, 1.165) is 5.56 Å². The van der Waals surface area contributed by atoms with Gasteiger partial charge in [0.25, 0.3) is 0 Å². The monoisotopic (exact) mass is 404 g/mol. The summed E-state index contributed by atoms with van der Waals surface area (Å²) >= 11 is 0. The minimum absolute atomic E-state index is 0.226. The van der Waals surface area contributed by atoms with E-state index in [9.17, 15) is 18.4 Å². The second-order valence-corrected chi connectivity index (χ2v) is 6.94. The fourth-order valence-electron chi connectivity index (χ4n) is 3.51. The molecular formula is C24H18F2N2O2. The van der Waals surface area contributed by atoms with E-state index in [-0.39, 0.29) is 6.54 Å². The first-order valence-corrected chi connectivity index (χ1v) is 9.40. The van der Waals surface area contributed by atoms with Gasteiger partial charge in [0.2, 0.25) is 11.8 Å². The Balaban J connectivity index is 1.79. The summed E-state index contributed by atoms with van der Waals surface area (Å²) in [4.78, 5) is 26.9. The van der Waals surface area contributed by atoms with Crippen LogP contribution < -0.4 is 5.32 Å². The molecule has 2 amide bonds. The smallest absolute Gasteiger partial charge is 0.247 e. The van der Waals surface area contributed by atoms with Crippen molar-refractivity contribution in [2.75, 3.05) is 11.9 Å². The number of amides is 2. The molecule has 1 aliphatic heterocycles. The van der Waals surface area contributed by atoms with Crippen LogP contribution in [-0.4, -0.2) is 23.3 Å². The number of rotatable bonds is 3. The average molecular weight is 404 g/mol. The van der Waals surface area contributed by atoms with Crippen LogP contribution in [0.3, 0.4) is 0 Å². The molecule has 4 rings (SSSR count). The maximum Gasteiger partial charge on any atom is 0.247 e. The van der Waals surface area contributed by atoms with Gasteiger partial charge in [0, 0.05) is 17.3 Å². The number of hydrogen-bond donors (Lipinski definition) is 1. The average Bonchev–Trinajstić information content (AvgIpc) is 2.89. The Morgan fingerprint density at radius 2 is 1.67 bits per heavy atom. The zero-order valence-corrected chi connectivity index (χ0v) is 15.9. The van der Waals surface area contributed by atoms with Crippen LogP contribution >= 0.6 is 0 Å². The molecule has 0 saturated carbocycles. The Labute approximate surface area is 172 Å². The third kappa shape index (κ3) is 4.12. The standard InChI is InChI=1S/C24H18F2N2O2/c25-18-9-7-17(8-10-18)24-20-14-19(26)11-12-21(20)27-22(29)15-28(24)23(30)13-6-16-4-2-1-3-5-16/h1-14,24H,15H2,(H,27,29)/t24-/m1/s1. The molecule has 3 aromatic carbocycles. The summed E-state index contributed by atoms with van der Waals surface area (Å²) in [5, 5.41) is 2.72. The fraction of sp³-hybridized carbons (Fsp3) is 0.0833. The highest BCUT2D eigenvalue weighted by Crippen LogP contribution is 2.36. The second-order valence-electron chi connectivity index (χ2n) is 6.94. The van der Waals surface area contributed by atoms with Gasteiger partial charge in [-0.05, 0) is 47.5 Å². The molecule has 0 aliphatic carbocycles. The molecule has 0 bridgehead atoms. The SMILES string of the molecule is O=C1CN(C(=O)C=Cc2ccccc2)[C@H](c2ccc(F)cc2)c2cc(F)ccc2N1. The topological polar surface area (TPSA) is 49.4 Å². The van der Waals surface area contributed by atoms with Crippen LogP contribution in [0.25, 0.3) is 6.08 Å². The molecule has 6 heteroatoms. The Morgan fingerprint density at radius 1 is 0.967 bits per heavy atom. The highest BCUT2D eigenvalue weighted by Gasteiger charge is 2.32. The number of nitrogens with zero attached hydrogens (tertiary/aromatic N) is 1. The Morgan fingerprint density at radius 3 is 2.40 bits per heavy atom. The van der Waals surface area contributed by atoms with E-state index in [2.05, 4.69) is 5.32 Å². The number of carbonyl (C=O) groups excluding carboxylic acids is 2. The van der Waals surface area contributed by atoms with Gasteiger partial charge in [-0.15, -0.1) is 0 Å². The quantitative estimate of drug-likeness (QED) is 0.651. The largest absolute Gasteiger partial charge is 0.324 e. The van der Waals surface area contributed by atoms with E-state index in [1.165, 1.54) is 53.4 Å². The van der Waals surface area contributed by atoms with Crippen molar-refractivity contribution in [3.63, 3.8) is 0 Å². The lowest BCUT2D eigenvalue weighted by Gasteiger charge is -2.29. The number of nitrogens with one attached hydrogen (secondary N) is 1. The lowest BCUT2D eigenvalue weighted by atomic mass is 9.95. The number of anilines is 1. The molecule has 0 aromatic heterocycles. The van der Waals surface area contributed by atoms with Gasteiger partial charge in [0.05, 0.1) is 6.04 Å². The third-order valence-corrected chi connectivity index (χ3v) is 4.89. The summed E-state index contributed by atoms with van der Waals surface area (Å²) in [5.74, 6) is -1.73. The van der Waals surface area contributed by atoms with Gasteiger partial charge in [-0.3, -0.25) is 9.59 Å². The highest BCUT2D eigenvalue weighted by atomic mass is 19.1. The molecule has 0 unspecified atom stereocenters. The van der Waals surface area contributed by atoms with Crippen molar-refractivity contribution in [2.45, 2.75) is 6.04 Å². The first-order valence-electron chi connectivity index (χ1n) is 9.40. The molecule has 1 heterocycles. The van der Waals surface area contributed by atoms with Crippen LogP contribution in [-0.2, 0) is 9.59 Å².